The lowest BCUT2D eigenvalue weighted by atomic mass is 9.65. The molecule has 0 spiro atoms. The van der Waals surface area contributed by atoms with Crippen molar-refractivity contribution in [2.75, 3.05) is 6.54 Å². The minimum absolute atomic E-state index is 0.0904. The van der Waals surface area contributed by atoms with Crippen molar-refractivity contribution in [3.05, 3.63) is 57.9 Å². The zero-order valence-corrected chi connectivity index (χ0v) is 21.0. The lowest BCUT2D eigenvalue weighted by molar-refractivity contribution is 0.126. The van der Waals surface area contributed by atoms with Crippen LogP contribution < -0.4 is 5.43 Å². The molecule has 6 rings (SSSR count). The molecule has 6 heteroatoms. The predicted octanol–water partition coefficient (Wildman–Crippen LogP) is 6.48. The van der Waals surface area contributed by atoms with Crippen LogP contribution in [0.4, 0.5) is 0 Å². The highest BCUT2D eigenvalue weighted by atomic mass is 32.1. The molecule has 2 fully saturated rings. The van der Waals surface area contributed by atoms with Crippen molar-refractivity contribution in [3.8, 4) is 16.3 Å². The number of aryl methyl sites for hydroxylation is 1. The third kappa shape index (κ3) is 3.46. The van der Waals surface area contributed by atoms with E-state index in [2.05, 4.69) is 25.7 Å². The number of nitrogens with zero attached hydrogens (tertiary/aromatic N) is 2. The van der Waals surface area contributed by atoms with Crippen molar-refractivity contribution in [3.63, 3.8) is 0 Å². The standard InChI is InChI=1S/C28H30N2O3S/c1-16-23(26-29-20-7-5-6-8-22(20)34-26)24(32)18-9-10-21(31)19(25(18)33-16)13-30-15-28(4)12-17(30)11-27(2,3)14-28/h5-10,17,31H,11-15H2,1-4H3/t17-,28+/m0/s1. The lowest BCUT2D eigenvalue weighted by Crippen LogP contribution is -2.34. The molecule has 2 atom stereocenters. The number of benzene rings is 2. The molecule has 176 valence electrons. The summed E-state index contributed by atoms with van der Waals surface area (Å²) in [5.74, 6) is 0.727. The van der Waals surface area contributed by atoms with Gasteiger partial charge in [0.05, 0.1) is 26.7 Å². The monoisotopic (exact) mass is 474 g/mol. The van der Waals surface area contributed by atoms with E-state index in [1.807, 2.05) is 31.2 Å². The van der Waals surface area contributed by atoms with E-state index in [-0.39, 0.29) is 11.2 Å². The van der Waals surface area contributed by atoms with Crippen molar-refractivity contribution < 1.29 is 9.52 Å². The number of thiazole rings is 1. The minimum Gasteiger partial charge on any atom is -0.507 e. The molecule has 1 N–H and O–H groups in total. The van der Waals surface area contributed by atoms with Gasteiger partial charge in [0.1, 0.15) is 22.1 Å². The van der Waals surface area contributed by atoms with Crippen LogP contribution in [0.1, 0.15) is 51.4 Å². The Hall–Kier alpha value is -2.70. The smallest absolute Gasteiger partial charge is 0.203 e. The molecule has 2 aromatic heterocycles. The fraction of sp³-hybridized carbons (Fsp3) is 0.429. The number of hydrogen-bond donors (Lipinski definition) is 1. The highest BCUT2D eigenvalue weighted by molar-refractivity contribution is 7.21. The van der Waals surface area contributed by atoms with Crippen LogP contribution in [-0.4, -0.2) is 27.6 Å². The first-order chi connectivity index (χ1) is 16.1. The molecular formula is C28H30N2O3S. The summed E-state index contributed by atoms with van der Waals surface area (Å²) in [5.41, 5.74) is 3.13. The first-order valence-corrected chi connectivity index (χ1v) is 12.8. The van der Waals surface area contributed by atoms with Crippen LogP contribution in [0.5, 0.6) is 5.75 Å². The molecule has 1 aliphatic heterocycles. The summed E-state index contributed by atoms with van der Waals surface area (Å²) in [6.45, 7) is 10.5. The van der Waals surface area contributed by atoms with Gasteiger partial charge in [-0.15, -0.1) is 11.3 Å². The van der Waals surface area contributed by atoms with Crippen LogP contribution in [0.25, 0.3) is 31.8 Å². The fourth-order valence-corrected chi connectivity index (χ4v) is 7.81. The SMILES string of the molecule is Cc1oc2c(CN3C[C@]4(C)C[C@@H]3CC(C)(C)C4)c(O)ccc2c(=O)c1-c1nc2ccccc2s1. The average molecular weight is 475 g/mol. The number of rotatable bonds is 3. The van der Waals surface area contributed by atoms with E-state index in [9.17, 15) is 9.90 Å². The first kappa shape index (κ1) is 21.8. The van der Waals surface area contributed by atoms with Crippen LogP contribution in [0, 0.1) is 17.8 Å². The lowest BCUT2D eigenvalue weighted by Gasteiger charge is -2.40. The van der Waals surface area contributed by atoms with Gasteiger partial charge in [-0.05, 0) is 61.3 Å². The molecule has 2 aromatic carbocycles. The molecule has 34 heavy (non-hydrogen) atoms. The third-order valence-corrected chi connectivity index (χ3v) is 8.76. The topological polar surface area (TPSA) is 66.6 Å². The molecule has 1 saturated heterocycles. The van der Waals surface area contributed by atoms with Crippen LogP contribution >= 0.6 is 11.3 Å². The Morgan fingerprint density at radius 1 is 1.18 bits per heavy atom. The number of aromatic nitrogens is 1. The molecule has 0 radical (unpaired) electrons. The molecule has 1 aliphatic carbocycles. The number of aromatic hydroxyl groups is 1. The second-order valence-electron chi connectivity index (χ2n) is 11.4. The van der Waals surface area contributed by atoms with E-state index in [1.165, 1.54) is 24.2 Å². The van der Waals surface area contributed by atoms with E-state index in [4.69, 9.17) is 9.40 Å². The van der Waals surface area contributed by atoms with Gasteiger partial charge in [0, 0.05) is 19.1 Å². The molecule has 2 bridgehead atoms. The minimum atomic E-state index is -0.0904. The number of fused-ring (bicyclic) bond motifs is 4. The van der Waals surface area contributed by atoms with Gasteiger partial charge in [-0.2, -0.15) is 0 Å². The van der Waals surface area contributed by atoms with Crippen LogP contribution in [0.2, 0.25) is 0 Å². The Morgan fingerprint density at radius 2 is 1.97 bits per heavy atom. The van der Waals surface area contributed by atoms with Crippen molar-refractivity contribution in [2.24, 2.45) is 10.8 Å². The van der Waals surface area contributed by atoms with Gasteiger partial charge in [0.25, 0.3) is 0 Å². The summed E-state index contributed by atoms with van der Waals surface area (Å²) in [6.07, 6.45) is 3.56. The number of para-hydroxylation sites is 1. The second-order valence-corrected chi connectivity index (χ2v) is 12.4. The maximum atomic E-state index is 13.7. The van der Waals surface area contributed by atoms with E-state index >= 15 is 0 Å². The summed E-state index contributed by atoms with van der Waals surface area (Å²) in [5, 5.41) is 12.0. The Kier molecular flexibility index (Phi) is 4.74. The number of hydrogen-bond acceptors (Lipinski definition) is 6. The van der Waals surface area contributed by atoms with Gasteiger partial charge >= 0.3 is 0 Å². The fourth-order valence-electron chi connectivity index (χ4n) is 6.76. The molecule has 1 saturated carbocycles. The normalized spacial score (nSPS) is 24.3. The van der Waals surface area contributed by atoms with E-state index in [0.717, 1.165) is 23.2 Å². The van der Waals surface area contributed by atoms with Crippen LogP contribution in [0.3, 0.4) is 0 Å². The highest BCUT2D eigenvalue weighted by Gasteiger charge is 2.49. The van der Waals surface area contributed by atoms with Gasteiger partial charge in [0.2, 0.25) is 5.43 Å². The Balaban J connectivity index is 1.44. The summed E-state index contributed by atoms with van der Waals surface area (Å²) in [7, 11) is 0. The number of phenols is 1. The maximum Gasteiger partial charge on any atom is 0.203 e. The van der Waals surface area contributed by atoms with E-state index < -0.39 is 0 Å². The van der Waals surface area contributed by atoms with Crippen LogP contribution in [-0.2, 0) is 6.54 Å². The Morgan fingerprint density at radius 3 is 2.76 bits per heavy atom. The van der Waals surface area contributed by atoms with Gasteiger partial charge in [-0.25, -0.2) is 4.98 Å². The highest BCUT2D eigenvalue weighted by Crippen LogP contribution is 2.53. The predicted molar refractivity (Wildman–Crippen MR) is 137 cm³/mol. The molecule has 0 unspecified atom stereocenters. The van der Waals surface area contributed by atoms with Crippen molar-refractivity contribution in [2.45, 2.75) is 59.5 Å². The van der Waals surface area contributed by atoms with Crippen molar-refractivity contribution in [1.29, 1.82) is 0 Å². The number of likely N-dealkylation sites (tertiary alicyclic amines) is 1. The quantitative estimate of drug-likeness (QED) is 0.368. The van der Waals surface area contributed by atoms with Crippen molar-refractivity contribution >= 4 is 32.5 Å². The molecule has 3 heterocycles. The molecule has 2 aliphatic rings. The van der Waals surface area contributed by atoms with Crippen LogP contribution in [0.15, 0.2) is 45.6 Å². The van der Waals surface area contributed by atoms with E-state index in [1.54, 1.807) is 12.1 Å². The summed E-state index contributed by atoms with van der Waals surface area (Å²) >= 11 is 1.50. The Bertz CT molecular complexity index is 1470. The van der Waals surface area contributed by atoms with Gasteiger partial charge in [-0.1, -0.05) is 32.9 Å². The largest absolute Gasteiger partial charge is 0.507 e. The Labute approximate surface area is 203 Å². The third-order valence-electron chi connectivity index (χ3n) is 7.71. The molecule has 5 nitrogen and oxygen atoms in total. The molecule has 4 aromatic rings. The zero-order chi connectivity index (χ0) is 23.8. The summed E-state index contributed by atoms with van der Waals surface area (Å²) < 4.78 is 7.34. The van der Waals surface area contributed by atoms with E-state index in [0.29, 0.717) is 56.3 Å². The number of phenolic OH excluding ortho intramolecular Hbond substituents is 1. The van der Waals surface area contributed by atoms with Crippen molar-refractivity contribution in [1.82, 2.24) is 9.88 Å². The molecular weight excluding hydrogens is 444 g/mol. The molecule has 0 amide bonds. The van der Waals surface area contributed by atoms with Gasteiger partial charge in [-0.3, -0.25) is 9.69 Å². The zero-order valence-electron chi connectivity index (χ0n) is 20.1. The summed E-state index contributed by atoms with van der Waals surface area (Å²) in [4.78, 5) is 20.8. The van der Waals surface area contributed by atoms with Gasteiger partial charge < -0.3 is 9.52 Å². The summed E-state index contributed by atoms with van der Waals surface area (Å²) in [6, 6.07) is 11.7. The van der Waals surface area contributed by atoms with Gasteiger partial charge in [0.15, 0.2) is 0 Å². The second kappa shape index (κ2) is 7.40. The first-order valence-electron chi connectivity index (χ1n) is 12.0. The average Bonchev–Trinajstić information content (AvgIpc) is 3.27. The maximum absolute atomic E-state index is 13.7.